The number of hydrogen-bond donors (Lipinski definition) is 1. The number of anilines is 1. The van der Waals surface area contributed by atoms with Crippen molar-refractivity contribution >= 4 is 11.7 Å². The normalized spacial score (nSPS) is 19.2. The van der Waals surface area contributed by atoms with Crippen molar-refractivity contribution in [1.82, 2.24) is 15.3 Å². The van der Waals surface area contributed by atoms with Crippen LogP contribution in [0.5, 0.6) is 0 Å². The number of nitrogens with zero attached hydrogens (tertiary/aromatic N) is 3. The van der Waals surface area contributed by atoms with Crippen LogP contribution >= 0.6 is 0 Å². The monoisotopic (exact) mass is 276 g/mol. The summed E-state index contributed by atoms with van der Waals surface area (Å²) in [7, 11) is 0. The van der Waals surface area contributed by atoms with Crippen LogP contribution in [0.15, 0.2) is 6.20 Å². The minimum atomic E-state index is -0.177. The molecule has 1 N–H and O–H groups in total. The minimum Gasteiger partial charge on any atom is -0.354 e. The molecule has 0 spiro atoms. The first-order valence-corrected chi connectivity index (χ1v) is 7.13. The molecular weight excluding hydrogens is 252 g/mol. The highest BCUT2D eigenvalue weighted by Gasteiger charge is 2.31. The molecule has 5 nitrogen and oxygen atoms in total. The number of aryl methyl sites for hydroxylation is 2. The Morgan fingerprint density at radius 1 is 1.40 bits per heavy atom. The minimum absolute atomic E-state index is 0.0379. The van der Waals surface area contributed by atoms with Gasteiger partial charge in [-0.05, 0) is 41.0 Å². The number of aromatic nitrogens is 2. The van der Waals surface area contributed by atoms with Crippen molar-refractivity contribution < 1.29 is 4.79 Å². The van der Waals surface area contributed by atoms with Gasteiger partial charge >= 0.3 is 0 Å². The molecule has 0 saturated carbocycles. The maximum absolute atomic E-state index is 12.2. The highest BCUT2D eigenvalue weighted by atomic mass is 16.2. The van der Waals surface area contributed by atoms with Gasteiger partial charge < -0.3 is 10.2 Å². The third-order valence-corrected chi connectivity index (χ3v) is 3.41. The molecule has 0 radical (unpaired) electrons. The summed E-state index contributed by atoms with van der Waals surface area (Å²) >= 11 is 0. The molecule has 20 heavy (non-hydrogen) atoms. The second-order valence-electron chi connectivity index (χ2n) is 6.59. The fraction of sp³-hybridized carbons (Fsp3) is 0.667. The van der Waals surface area contributed by atoms with Crippen molar-refractivity contribution in [3.8, 4) is 0 Å². The summed E-state index contributed by atoms with van der Waals surface area (Å²) in [6.45, 7) is 11.5. The van der Waals surface area contributed by atoms with Crippen LogP contribution in [0.2, 0.25) is 0 Å². The van der Waals surface area contributed by atoms with Gasteiger partial charge in [0.1, 0.15) is 5.82 Å². The summed E-state index contributed by atoms with van der Waals surface area (Å²) in [5.74, 6) is 1.09. The van der Waals surface area contributed by atoms with E-state index in [9.17, 15) is 4.79 Å². The molecule has 110 valence electrons. The number of nitrogens with one attached hydrogen (secondary N) is 1. The van der Waals surface area contributed by atoms with E-state index in [2.05, 4.69) is 20.2 Å². The third-order valence-electron chi connectivity index (χ3n) is 3.41. The standard InChI is InChI=1S/C15H24N4O/c1-10-8-16-11(2)13(17-10)19-7-6-12(9-19)14(20)18-15(3,4)5/h8,12H,6-7,9H2,1-5H3,(H,18,20). The Balaban J connectivity index is 2.05. The number of amides is 1. The lowest BCUT2D eigenvalue weighted by atomic mass is 10.0. The Kier molecular flexibility index (Phi) is 3.97. The van der Waals surface area contributed by atoms with Crippen LogP contribution in [-0.4, -0.2) is 34.5 Å². The van der Waals surface area contributed by atoms with Crippen molar-refractivity contribution in [3.05, 3.63) is 17.6 Å². The molecule has 1 atom stereocenters. The molecule has 1 aromatic heterocycles. The number of carbonyl (C=O) groups excluding carboxylic acids is 1. The van der Waals surface area contributed by atoms with Crippen molar-refractivity contribution in [2.24, 2.45) is 5.92 Å². The van der Waals surface area contributed by atoms with Crippen molar-refractivity contribution in [1.29, 1.82) is 0 Å². The fourth-order valence-electron chi connectivity index (χ4n) is 2.46. The zero-order valence-electron chi connectivity index (χ0n) is 13.0. The van der Waals surface area contributed by atoms with E-state index in [0.717, 1.165) is 36.7 Å². The van der Waals surface area contributed by atoms with Gasteiger partial charge in [-0.1, -0.05) is 0 Å². The lowest BCUT2D eigenvalue weighted by Gasteiger charge is -2.23. The molecule has 0 aromatic carbocycles. The molecule has 1 amide bonds. The quantitative estimate of drug-likeness (QED) is 0.895. The molecule has 1 unspecified atom stereocenters. The van der Waals surface area contributed by atoms with Gasteiger partial charge in [-0.3, -0.25) is 9.78 Å². The van der Waals surface area contributed by atoms with Gasteiger partial charge in [-0.15, -0.1) is 0 Å². The van der Waals surface area contributed by atoms with Crippen molar-refractivity contribution in [2.45, 2.75) is 46.6 Å². The zero-order valence-corrected chi connectivity index (χ0v) is 13.0. The second kappa shape index (κ2) is 5.38. The van der Waals surface area contributed by atoms with E-state index < -0.39 is 0 Å². The van der Waals surface area contributed by atoms with E-state index in [0.29, 0.717) is 0 Å². The first-order chi connectivity index (χ1) is 9.26. The van der Waals surface area contributed by atoms with Gasteiger partial charge in [0.05, 0.1) is 17.3 Å². The molecule has 2 heterocycles. The summed E-state index contributed by atoms with van der Waals surface area (Å²) in [6, 6.07) is 0. The van der Waals surface area contributed by atoms with Crippen LogP contribution < -0.4 is 10.2 Å². The van der Waals surface area contributed by atoms with Gasteiger partial charge in [-0.25, -0.2) is 4.98 Å². The van der Waals surface area contributed by atoms with Gasteiger partial charge in [0.15, 0.2) is 0 Å². The van der Waals surface area contributed by atoms with Gasteiger partial charge in [0, 0.05) is 24.8 Å². The molecule has 0 bridgehead atoms. The highest BCUT2D eigenvalue weighted by Crippen LogP contribution is 2.24. The summed E-state index contributed by atoms with van der Waals surface area (Å²) in [4.78, 5) is 23.3. The van der Waals surface area contributed by atoms with Crippen LogP contribution in [0.3, 0.4) is 0 Å². The number of hydrogen-bond acceptors (Lipinski definition) is 4. The van der Waals surface area contributed by atoms with Crippen LogP contribution in [-0.2, 0) is 4.79 Å². The molecule has 5 heteroatoms. The Hall–Kier alpha value is -1.65. The maximum Gasteiger partial charge on any atom is 0.225 e. The molecule has 1 aliphatic rings. The average Bonchev–Trinajstić information content (AvgIpc) is 2.79. The largest absolute Gasteiger partial charge is 0.354 e. The topological polar surface area (TPSA) is 58.1 Å². The molecular formula is C15H24N4O. The van der Waals surface area contributed by atoms with Crippen LogP contribution in [0.1, 0.15) is 38.6 Å². The average molecular weight is 276 g/mol. The van der Waals surface area contributed by atoms with Gasteiger partial charge in [0.2, 0.25) is 5.91 Å². The Bertz CT molecular complexity index is 507. The van der Waals surface area contributed by atoms with E-state index in [4.69, 9.17) is 0 Å². The van der Waals surface area contributed by atoms with Crippen LogP contribution in [0.25, 0.3) is 0 Å². The molecule has 0 aliphatic carbocycles. The van der Waals surface area contributed by atoms with E-state index >= 15 is 0 Å². The van der Waals surface area contributed by atoms with Gasteiger partial charge in [0.25, 0.3) is 0 Å². The lowest BCUT2D eigenvalue weighted by molar-refractivity contribution is -0.125. The van der Waals surface area contributed by atoms with E-state index in [-0.39, 0.29) is 17.4 Å². The maximum atomic E-state index is 12.2. The molecule has 1 aliphatic heterocycles. The van der Waals surface area contributed by atoms with Crippen molar-refractivity contribution in [2.75, 3.05) is 18.0 Å². The second-order valence-corrected chi connectivity index (χ2v) is 6.59. The van der Waals surface area contributed by atoms with E-state index in [1.807, 2.05) is 34.6 Å². The van der Waals surface area contributed by atoms with Crippen LogP contribution in [0, 0.1) is 19.8 Å². The van der Waals surface area contributed by atoms with E-state index in [1.54, 1.807) is 6.20 Å². The third kappa shape index (κ3) is 3.46. The summed E-state index contributed by atoms with van der Waals surface area (Å²) in [6.07, 6.45) is 2.65. The zero-order chi connectivity index (χ0) is 14.9. The number of rotatable bonds is 2. The summed E-state index contributed by atoms with van der Waals surface area (Å²) < 4.78 is 0. The molecule has 1 fully saturated rings. The first kappa shape index (κ1) is 14.8. The SMILES string of the molecule is Cc1cnc(C)c(N2CCC(C(=O)NC(C)(C)C)C2)n1. The molecule has 2 rings (SSSR count). The predicted molar refractivity (Wildman–Crippen MR) is 79.7 cm³/mol. The van der Waals surface area contributed by atoms with Crippen LogP contribution in [0.4, 0.5) is 5.82 Å². The molecule has 1 aromatic rings. The number of carbonyl (C=O) groups is 1. The fourth-order valence-corrected chi connectivity index (χ4v) is 2.46. The Morgan fingerprint density at radius 2 is 2.10 bits per heavy atom. The first-order valence-electron chi connectivity index (χ1n) is 7.13. The smallest absolute Gasteiger partial charge is 0.225 e. The van der Waals surface area contributed by atoms with Gasteiger partial charge in [-0.2, -0.15) is 0 Å². The Morgan fingerprint density at radius 3 is 2.75 bits per heavy atom. The summed E-state index contributed by atoms with van der Waals surface area (Å²) in [5, 5.41) is 3.06. The predicted octanol–water partition coefficient (Wildman–Crippen LogP) is 1.83. The lowest BCUT2D eigenvalue weighted by Crippen LogP contribution is -2.44. The van der Waals surface area contributed by atoms with E-state index in [1.165, 1.54) is 0 Å². The summed E-state index contributed by atoms with van der Waals surface area (Å²) in [5.41, 5.74) is 1.66. The highest BCUT2D eigenvalue weighted by molar-refractivity contribution is 5.80. The van der Waals surface area contributed by atoms with Crippen molar-refractivity contribution in [3.63, 3.8) is 0 Å². The Labute approximate surface area is 120 Å². The molecule has 1 saturated heterocycles.